The molecule has 0 atom stereocenters. The van der Waals surface area contributed by atoms with Crippen molar-refractivity contribution in [2.75, 3.05) is 12.0 Å². The number of hydrogen-bond donors (Lipinski definition) is 0. The molecule has 2 aromatic rings. The molecular weight excluding hydrogens is 358 g/mol. The van der Waals surface area contributed by atoms with Gasteiger partial charge in [-0.25, -0.2) is 4.79 Å². The molecule has 1 aliphatic heterocycles. The van der Waals surface area contributed by atoms with Crippen LogP contribution < -0.4 is 4.90 Å². The molecule has 0 spiro atoms. The highest BCUT2D eigenvalue weighted by Gasteiger charge is 2.38. The average Bonchev–Trinajstić information content (AvgIpc) is 3.10. The van der Waals surface area contributed by atoms with Crippen LogP contribution in [0.1, 0.15) is 17.4 Å². The SMILES string of the molecule is COC(=O)C1=C(C)N(c2ccc(Cl)cc2)/C(=C\c2sccc2C)C1=O. The van der Waals surface area contributed by atoms with Crippen molar-refractivity contribution in [1.29, 1.82) is 0 Å². The molecule has 1 aromatic carbocycles. The van der Waals surface area contributed by atoms with E-state index in [-0.39, 0.29) is 11.4 Å². The number of ether oxygens (including phenoxy) is 1. The van der Waals surface area contributed by atoms with E-state index in [0.29, 0.717) is 16.4 Å². The van der Waals surface area contributed by atoms with Gasteiger partial charge in [0, 0.05) is 21.3 Å². The summed E-state index contributed by atoms with van der Waals surface area (Å²) in [6.45, 7) is 3.72. The van der Waals surface area contributed by atoms with Crippen molar-refractivity contribution >= 4 is 46.5 Å². The quantitative estimate of drug-likeness (QED) is 0.448. The lowest BCUT2D eigenvalue weighted by molar-refractivity contribution is -0.137. The smallest absolute Gasteiger partial charge is 0.343 e. The summed E-state index contributed by atoms with van der Waals surface area (Å²) in [5.41, 5.74) is 2.85. The monoisotopic (exact) mass is 373 g/mol. The lowest BCUT2D eigenvalue weighted by Crippen LogP contribution is -2.18. The Bertz CT molecular complexity index is 909. The topological polar surface area (TPSA) is 46.6 Å². The number of methoxy groups -OCH3 is 1. The van der Waals surface area contributed by atoms with E-state index in [2.05, 4.69) is 0 Å². The number of nitrogens with zero attached hydrogens (tertiary/aromatic N) is 1. The number of hydrogen-bond acceptors (Lipinski definition) is 5. The van der Waals surface area contributed by atoms with Crippen LogP contribution >= 0.6 is 22.9 Å². The van der Waals surface area contributed by atoms with E-state index in [4.69, 9.17) is 16.3 Å². The number of allylic oxidation sites excluding steroid dienone is 2. The Balaban J connectivity index is 2.17. The van der Waals surface area contributed by atoms with Crippen LogP contribution in [-0.4, -0.2) is 18.9 Å². The lowest BCUT2D eigenvalue weighted by Gasteiger charge is -2.21. The molecule has 0 saturated carbocycles. The highest BCUT2D eigenvalue weighted by atomic mass is 35.5. The molecule has 0 aliphatic carbocycles. The molecule has 0 saturated heterocycles. The molecule has 0 bridgehead atoms. The number of benzene rings is 1. The molecule has 25 heavy (non-hydrogen) atoms. The first-order valence-corrected chi connectivity index (χ1v) is 8.85. The van der Waals surface area contributed by atoms with Crippen molar-refractivity contribution in [2.24, 2.45) is 0 Å². The third-order valence-electron chi connectivity index (χ3n) is 4.04. The van der Waals surface area contributed by atoms with Crippen molar-refractivity contribution in [3.05, 3.63) is 68.1 Å². The second-order valence-corrected chi connectivity index (χ2v) is 6.97. The van der Waals surface area contributed by atoms with E-state index in [9.17, 15) is 9.59 Å². The van der Waals surface area contributed by atoms with Gasteiger partial charge in [0.05, 0.1) is 12.8 Å². The fraction of sp³-hybridized carbons (Fsp3) is 0.158. The van der Waals surface area contributed by atoms with Crippen LogP contribution in [0.2, 0.25) is 5.02 Å². The van der Waals surface area contributed by atoms with Crippen LogP contribution in [0.15, 0.2) is 52.7 Å². The summed E-state index contributed by atoms with van der Waals surface area (Å²) in [6, 6.07) is 9.12. The van der Waals surface area contributed by atoms with Crippen molar-refractivity contribution in [3.63, 3.8) is 0 Å². The summed E-state index contributed by atoms with van der Waals surface area (Å²) < 4.78 is 4.80. The molecule has 0 N–H and O–H groups in total. The predicted octanol–water partition coefficient (Wildman–Crippen LogP) is 4.59. The summed E-state index contributed by atoms with van der Waals surface area (Å²) in [7, 11) is 1.27. The second kappa shape index (κ2) is 6.86. The second-order valence-electron chi connectivity index (χ2n) is 5.59. The van der Waals surface area contributed by atoms with Crippen molar-refractivity contribution < 1.29 is 14.3 Å². The van der Waals surface area contributed by atoms with Crippen LogP contribution in [0.4, 0.5) is 5.69 Å². The van der Waals surface area contributed by atoms with Gasteiger partial charge in [0.15, 0.2) is 0 Å². The van der Waals surface area contributed by atoms with Crippen LogP contribution in [0, 0.1) is 6.92 Å². The summed E-state index contributed by atoms with van der Waals surface area (Å²) in [5, 5.41) is 2.57. The standard InChI is InChI=1S/C19H16ClNO3S/c1-11-8-9-25-16(11)10-15-18(22)17(19(23)24-3)12(2)21(15)14-6-4-13(20)5-7-14/h4-10H,1-3H3/b15-10-. The summed E-state index contributed by atoms with van der Waals surface area (Å²) in [5.74, 6) is -0.972. The van der Waals surface area contributed by atoms with Crippen LogP contribution in [0.5, 0.6) is 0 Å². The number of rotatable bonds is 3. The summed E-state index contributed by atoms with van der Waals surface area (Å²) in [4.78, 5) is 27.8. The predicted molar refractivity (Wildman–Crippen MR) is 101 cm³/mol. The van der Waals surface area contributed by atoms with Crippen LogP contribution in [0.3, 0.4) is 0 Å². The number of carbonyl (C=O) groups excluding carboxylic acids is 2. The van der Waals surface area contributed by atoms with E-state index in [1.54, 1.807) is 35.3 Å². The Kier molecular flexibility index (Phi) is 4.79. The van der Waals surface area contributed by atoms with Gasteiger partial charge >= 0.3 is 5.97 Å². The highest BCUT2D eigenvalue weighted by Crippen LogP contribution is 2.36. The van der Waals surface area contributed by atoms with Crippen molar-refractivity contribution in [1.82, 2.24) is 0 Å². The number of aryl methyl sites for hydroxylation is 1. The molecule has 0 amide bonds. The molecule has 2 heterocycles. The van der Waals surface area contributed by atoms with Gasteiger partial charge in [-0.3, -0.25) is 4.79 Å². The van der Waals surface area contributed by atoms with E-state index in [1.165, 1.54) is 7.11 Å². The van der Waals surface area contributed by atoms with E-state index >= 15 is 0 Å². The van der Waals surface area contributed by atoms with Gasteiger partial charge in [-0.2, -0.15) is 0 Å². The molecule has 1 aliphatic rings. The Morgan fingerprint density at radius 3 is 2.44 bits per heavy atom. The van der Waals surface area contributed by atoms with E-state index < -0.39 is 5.97 Å². The largest absolute Gasteiger partial charge is 0.465 e. The van der Waals surface area contributed by atoms with Gasteiger partial charge in [-0.05, 0) is 61.2 Å². The molecule has 1 aromatic heterocycles. The number of anilines is 1. The first kappa shape index (κ1) is 17.5. The Labute approximate surface area is 155 Å². The molecule has 128 valence electrons. The zero-order chi connectivity index (χ0) is 18.1. The van der Waals surface area contributed by atoms with E-state index in [1.807, 2.05) is 36.6 Å². The van der Waals surface area contributed by atoms with Crippen LogP contribution in [-0.2, 0) is 14.3 Å². The zero-order valence-electron chi connectivity index (χ0n) is 14.0. The Hall–Kier alpha value is -2.37. The number of ketones is 1. The molecule has 0 unspecified atom stereocenters. The minimum atomic E-state index is -0.632. The van der Waals surface area contributed by atoms with E-state index in [0.717, 1.165) is 16.1 Å². The molecule has 0 fully saturated rings. The number of carbonyl (C=O) groups is 2. The first-order valence-electron chi connectivity index (χ1n) is 7.59. The first-order chi connectivity index (χ1) is 11.9. The average molecular weight is 374 g/mol. The number of thiophene rings is 1. The fourth-order valence-corrected chi connectivity index (χ4v) is 3.72. The Morgan fingerprint density at radius 1 is 1.20 bits per heavy atom. The third-order valence-corrected chi connectivity index (χ3v) is 5.26. The van der Waals surface area contributed by atoms with Gasteiger partial charge in [-0.15, -0.1) is 11.3 Å². The van der Waals surface area contributed by atoms with Gasteiger partial charge in [0.25, 0.3) is 0 Å². The maximum atomic E-state index is 12.9. The van der Waals surface area contributed by atoms with Gasteiger partial charge in [0.2, 0.25) is 5.78 Å². The highest BCUT2D eigenvalue weighted by molar-refractivity contribution is 7.11. The summed E-state index contributed by atoms with van der Waals surface area (Å²) >= 11 is 7.52. The minimum absolute atomic E-state index is 0.0536. The Morgan fingerprint density at radius 2 is 1.88 bits per heavy atom. The molecule has 3 rings (SSSR count). The molecule has 4 nitrogen and oxygen atoms in total. The number of halogens is 1. The molecular formula is C19H16ClNO3S. The maximum Gasteiger partial charge on any atom is 0.343 e. The fourth-order valence-electron chi connectivity index (χ4n) is 2.74. The van der Waals surface area contributed by atoms with Gasteiger partial charge < -0.3 is 9.64 Å². The van der Waals surface area contributed by atoms with Gasteiger partial charge in [-0.1, -0.05) is 11.6 Å². The third kappa shape index (κ3) is 3.13. The van der Waals surface area contributed by atoms with Crippen molar-refractivity contribution in [3.8, 4) is 0 Å². The van der Waals surface area contributed by atoms with Crippen molar-refractivity contribution in [2.45, 2.75) is 13.8 Å². The van der Waals surface area contributed by atoms with Crippen LogP contribution in [0.25, 0.3) is 6.08 Å². The number of Topliss-reactive ketones (excluding diaryl/α,β-unsaturated/α-hetero) is 1. The molecule has 0 radical (unpaired) electrons. The maximum absolute atomic E-state index is 12.9. The lowest BCUT2D eigenvalue weighted by atomic mass is 10.1. The molecule has 6 heteroatoms. The normalized spacial score (nSPS) is 16.1. The minimum Gasteiger partial charge on any atom is -0.465 e. The van der Waals surface area contributed by atoms with Gasteiger partial charge in [0.1, 0.15) is 5.57 Å². The number of esters is 1. The zero-order valence-corrected chi connectivity index (χ0v) is 15.6. The summed E-state index contributed by atoms with van der Waals surface area (Å²) in [6.07, 6.45) is 1.82.